The van der Waals surface area contributed by atoms with E-state index in [1.807, 2.05) is 42.5 Å². The molecule has 1 unspecified atom stereocenters. The molecule has 0 aromatic heterocycles. The molecule has 0 bridgehead atoms. The van der Waals surface area contributed by atoms with Gasteiger partial charge in [0, 0.05) is 30.1 Å². The zero-order valence-corrected chi connectivity index (χ0v) is 19.0. The smallest absolute Gasteiger partial charge is 0.221 e. The van der Waals surface area contributed by atoms with E-state index < -0.39 is 0 Å². The third-order valence-corrected chi connectivity index (χ3v) is 5.56. The number of rotatable bonds is 1. The molecule has 1 fully saturated rings. The van der Waals surface area contributed by atoms with Crippen LogP contribution in [-0.2, 0) is 4.79 Å². The molecule has 5 heteroatoms. The Hall–Kier alpha value is -2.65. The Balaban J connectivity index is 1.61. The first-order valence-corrected chi connectivity index (χ1v) is 11.9. The second-order valence-electron chi connectivity index (χ2n) is 8.21. The number of carbonyl (C=O) groups excluding carboxylic acids is 1. The van der Waals surface area contributed by atoms with E-state index in [2.05, 4.69) is 45.2 Å². The van der Waals surface area contributed by atoms with Gasteiger partial charge in [-0.3, -0.25) is 4.79 Å². The van der Waals surface area contributed by atoms with Crippen molar-refractivity contribution in [3.63, 3.8) is 0 Å². The van der Waals surface area contributed by atoms with Crippen LogP contribution in [0.3, 0.4) is 0 Å². The van der Waals surface area contributed by atoms with Gasteiger partial charge in [0.2, 0.25) is 5.91 Å². The lowest BCUT2D eigenvalue weighted by atomic mass is 10.0. The van der Waals surface area contributed by atoms with Gasteiger partial charge in [0.25, 0.3) is 0 Å². The van der Waals surface area contributed by atoms with Crippen molar-refractivity contribution in [1.29, 1.82) is 0 Å². The number of hydrogen-bond acceptors (Lipinski definition) is 4. The predicted octanol–water partition coefficient (Wildman–Crippen LogP) is 2.98. The highest BCUT2D eigenvalue weighted by Gasteiger charge is 2.15. The maximum Gasteiger partial charge on any atom is 0.221 e. The highest BCUT2D eigenvalue weighted by molar-refractivity contribution is 5.76. The topological polar surface area (TPSA) is 65.2 Å². The summed E-state index contributed by atoms with van der Waals surface area (Å²) in [5, 5.41) is 13.6. The summed E-state index contributed by atoms with van der Waals surface area (Å²) in [5.74, 6) is 6.51. The standard InChI is InChI=1S/C27H36N4O/c32-27-22-26(30-20-6-18-28-16-4-5-17-29-19-7-21-31-27)25-14-12-24(13-15-25)11-10-23-8-2-1-3-9-23/h1-3,8-9,12-15,26,28-30H,4-7,16-22H2,(H,31,32). The third-order valence-electron chi connectivity index (χ3n) is 5.56. The Morgan fingerprint density at radius 1 is 0.656 bits per heavy atom. The van der Waals surface area contributed by atoms with Crippen molar-refractivity contribution in [3.05, 3.63) is 71.3 Å². The fraction of sp³-hybridized carbons (Fsp3) is 0.444. The number of benzene rings is 2. The SMILES string of the molecule is O=C1CC(c2ccc(C#Cc3ccccc3)cc2)NCCCNCCCCNCCCN1. The summed E-state index contributed by atoms with van der Waals surface area (Å²) in [7, 11) is 0. The molecule has 32 heavy (non-hydrogen) atoms. The molecule has 4 N–H and O–H groups in total. The molecule has 1 atom stereocenters. The highest BCUT2D eigenvalue weighted by Crippen LogP contribution is 2.18. The Kier molecular flexibility index (Phi) is 10.8. The lowest BCUT2D eigenvalue weighted by molar-refractivity contribution is -0.121. The predicted molar refractivity (Wildman–Crippen MR) is 131 cm³/mol. The summed E-state index contributed by atoms with van der Waals surface area (Å²) < 4.78 is 0. The summed E-state index contributed by atoms with van der Waals surface area (Å²) in [6, 6.07) is 18.3. The Bertz CT molecular complexity index is 855. The zero-order chi connectivity index (χ0) is 22.3. The van der Waals surface area contributed by atoms with Crippen molar-refractivity contribution in [2.24, 2.45) is 0 Å². The van der Waals surface area contributed by atoms with E-state index in [4.69, 9.17) is 0 Å². The van der Waals surface area contributed by atoms with Crippen LogP contribution < -0.4 is 21.3 Å². The van der Waals surface area contributed by atoms with Crippen LogP contribution in [0.1, 0.15) is 54.8 Å². The fourth-order valence-corrected chi connectivity index (χ4v) is 3.71. The van der Waals surface area contributed by atoms with Crippen LogP contribution in [0.2, 0.25) is 0 Å². The largest absolute Gasteiger partial charge is 0.356 e. The molecule has 0 radical (unpaired) electrons. The maximum atomic E-state index is 12.5. The van der Waals surface area contributed by atoms with Crippen molar-refractivity contribution in [2.75, 3.05) is 39.3 Å². The molecule has 0 spiro atoms. The number of hydrogen-bond donors (Lipinski definition) is 4. The van der Waals surface area contributed by atoms with Gasteiger partial charge in [0.05, 0.1) is 0 Å². The van der Waals surface area contributed by atoms with Gasteiger partial charge in [-0.25, -0.2) is 0 Å². The second-order valence-corrected chi connectivity index (χ2v) is 8.21. The van der Waals surface area contributed by atoms with Crippen LogP contribution in [0.4, 0.5) is 0 Å². The minimum absolute atomic E-state index is 0.0000545. The van der Waals surface area contributed by atoms with E-state index >= 15 is 0 Å². The number of carbonyl (C=O) groups is 1. The van der Waals surface area contributed by atoms with Crippen LogP contribution in [0, 0.1) is 11.8 Å². The fourth-order valence-electron chi connectivity index (χ4n) is 3.71. The molecule has 1 heterocycles. The zero-order valence-electron chi connectivity index (χ0n) is 19.0. The Morgan fingerprint density at radius 2 is 1.25 bits per heavy atom. The third kappa shape index (κ3) is 9.23. The molecule has 1 aliphatic heterocycles. The summed E-state index contributed by atoms with van der Waals surface area (Å²) in [6.07, 6.45) is 4.81. The van der Waals surface area contributed by atoms with Gasteiger partial charge in [-0.1, -0.05) is 42.2 Å². The quantitative estimate of drug-likeness (QED) is 0.523. The van der Waals surface area contributed by atoms with Gasteiger partial charge in [-0.2, -0.15) is 0 Å². The molecular weight excluding hydrogens is 396 g/mol. The Morgan fingerprint density at radius 3 is 1.94 bits per heavy atom. The average molecular weight is 433 g/mol. The van der Waals surface area contributed by atoms with Gasteiger partial charge in [-0.05, 0) is 88.2 Å². The number of nitrogens with one attached hydrogen (secondary N) is 4. The summed E-state index contributed by atoms with van der Waals surface area (Å²) in [4.78, 5) is 12.5. The van der Waals surface area contributed by atoms with Gasteiger partial charge < -0.3 is 21.3 Å². The van der Waals surface area contributed by atoms with Crippen LogP contribution in [0.15, 0.2) is 54.6 Å². The van der Waals surface area contributed by atoms with Crippen molar-refractivity contribution in [1.82, 2.24) is 21.3 Å². The minimum Gasteiger partial charge on any atom is -0.356 e. The Labute approximate surface area is 192 Å². The molecule has 0 aliphatic carbocycles. The van der Waals surface area contributed by atoms with Gasteiger partial charge in [0.15, 0.2) is 0 Å². The molecular formula is C27H36N4O. The minimum atomic E-state index is -0.0000545. The first-order chi connectivity index (χ1) is 15.8. The molecule has 1 amide bonds. The average Bonchev–Trinajstić information content (AvgIpc) is 2.83. The summed E-state index contributed by atoms with van der Waals surface area (Å²) >= 11 is 0. The highest BCUT2D eigenvalue weighted by atomic mass is 16.1. The normalized spacial score (nSPS) is 19.8. The lowest BCUT2D eigenvalue weighted by Crippen LogP contribution is -2.33. The molecule has 2 aromatic rings. The first kappa shape index (κ1) is 24.0. The van der Waals surface area contributed by atoms with Crippen molar-refractivity contribution >= 4 is 5.91 Å². The van der Waals surface area contributed by atoms with Crippen molar-refractivity contribution in [2.45, 2.75) is 38.1 Å². The van der Waals surface area contributed by atoms with E-state index in [-0.39, 0.29) is 11.9 Å². The van der Waals surface area contributed by atoms with Crippen molar-refractivity contribution in [3.8, 4) is 11.8 Å². The van der Waals surface area contributed by atoms with E-state index in [0.717, 1.165) is 62.3 Å². The van der Waals surface area contributed by atoms with Crippen LogP contribution in [0.25, 0.3) is 0 Å². The summed E-state index contributed by atoms with van der Waals surface area (Å²) in [5.41, 5.74) is 3.10. The molecule has 1 aliphatic rings. The van der Waals surface area contributed by atoms with Gasteiger partial charge in [0.1, 0.15) is 0 Å². The molecule has 2 aromatic carbocycles. The van der Waals surface area contributed by atoms with Crippen LogP contribution in [-0.4, -0.2) is 45.2 Å². The van der Waals surface area contributed by atoms with E-state index in [1.54, 1.807) is 0 Å². The monoisotopic (exact) mass is 432 g/mol. The van der Waals surface area contributed by atoms with Crippen LogP contribution >= 0.6 is 0 Å². The molecule has 1 saturated heterocycles. The van der Waals surface area contributed by atoms with Crippen LogP contribution in [0.5, 0.6) is 0 Å². The summed E-state index contributed by atoms with van der Waals surface area (Å²) in [6.45, 7) is 5.64. The van der Waals surface area contributed by atoms with Gasteiger partial charge in [-0.15, -0.1) is 0 Å². The van der Waals surface area contributed by atoms with E-state index in [0.29, 0.717) is 13.0 Å². The molecule has 170 valence electrons. The maximum absolute atomic E-state index is 12.5. The van der Waals surface area contributed by atoms with E-state index in [9.17, 15) is 4.79 Å². The first-order valence-electron chi connectivity index (χ1n) is 11.9. The lowest BCUT2D eigenvalue weighted by Gasteiger charge is -2.19. The van der Waals surface area contributed by atoms with E-state index in [1.165, 1.54) is 12.8 Å². The molecule has 5 nitrogen and oxygen atoms in total. The van der Waals surface area contributed by atoms with Crippen molar-refractivity contribution < 1.29 is 4.79 Å². The number of amides is 1. The molecule has 3 rings (SSSR count). The second kappa shape index (κ2) is 14.4. The van der Waals surface area contributed by atoms with Gasteiger partial charge >= 0.3 is 0 Å². The molecule has 0 saturated carbocycles.